The van der Waals surface area contributed by atoms with Crippen LogP contribution in [0.1, 0.15) is 38.2 Å². The maximum atomic E-state index is 10.8. The van der Waals surface area contributed by atoms with Gasteiger partial charge in [-0.3, -0.25) is 4.79 Å². The molecule has 0 bridgehead atoms. The van der Waals surface area contributed by atoms with Gasteiger partial charge in [0.05, 0.1) is 0 Å². The third-order valence-electron chi connectivity index (χ3n) is 3.56. The fourth-order valence-electron chi connectivity index (χ4n) is 2.58. The number of carbonyl (C=O) groups excluding carboxylic acids is 1. The van der Waals surface area contributed by atoms with Crippen LogP contribution in [-0.4, -0.2) is 23.4 Å². The number of likely N-dealkylation sites (tertiary alicyclic amines) is 1. The molecule has 1 aliphatic heterocycles. The summed E-state index contributed by atoms with van der Waals surface area (Å²) in [6.07, 6.45) is 4.11. The average molecular weight is 216 g/mol. The molecule has 2 rings (SSSR count). The highest BCUT2D eigenvalue weighted by atomic mass is 16.1. The Balaban J connectivity index is 2.14. The Morgan fingerprint density at radius 2 is 2.00 bits per heavy atom. The lowest BCUT2D eigenvalue weighted by atomic mass is 9.79. The molecule has 0 aliphatic carbocycles. The molecule has 0 aromatic heterocycles. The van der Waals surface area contributed by atoms with E-state index in [0.717, 1.165) is 19.4 Å². The minimum Gasteiger partial charge on any atom is -0.329 e. The van der Waals surface area contributed by atoms with Crippen molar-refractivity contribution < 1.29 is 4.79 Å². The highest BCUT2D eigenvalue weighted by Gasteiger charge is 2.34. The number of amides is 1. The van der Waals surface area contributed by atoms with Crippen LogP contribution in [0.2, 0.25) is 0 Å². The highest BCUT2D eigenvalue weighted by Crippen LogP contribution is 2.36. The van der Waals surface area contributed by atoms with E-state index in [4.69, 9.17) is 0 Å². The van der Waals surface area contributed by atoms with Crippen molar-refractivity contribution in [3.05, 3.63) is 35.9 Å². The quantitative estimate of drug-likeness (QED) is 0.744. The summed E-state index contributed by atoms with van der Waals surface area (Å²) in [6, 6.07) is 10.6. The molecule has 1 atom stereocenters. The molecule has 1 aromatic carbocycles. The van der Waals surface area contributed by atoms with E-state index in [1.54, 1.807) is 4.90 Å². The first-order chi connectivity index (χ1) is 7.63. The van der Waals surface area contributed by atoms with Crippen molar-refractivity contribution in [1.29, 1.82) is 0 Å². The molecule has 1 fully saturated rings. The summed E-state index contributed by atoms with van der Waals surface area (Å²) in [4.78, 5) is 12.6. The minimum absolute atomic E-state index is 0.0689. The second kappa shape index (κ2) is 4.28. The molecule has 1 aliphatic rings. The summed E-state index contributed by atoms with van der Waals surface area (Å²) in [6.45, 7) is 5.05. The molecule has 1 heterocycles. The van der Waals surface area contributed by atoms with E-state index in [1.807, 2.05) is 12.5 Å². The smallest absolute Gasteiger partial charge is 0.312 e. The Hall–Kier alpha value is -1.31. The van der Waals surface area contributed by atoms with Crippen LogP contribution >= 0.6 is 0 Å². The number of benzene rings is 1. The van der Waals surface area contributed by atoms with Crippen LogP contribution in [0.3, 0.4) is 0 Å². The summed E-state index contributed by atoms with van der Waals surface area (Å²) in [5.74, 6) is 0.570. The monoisotopic (exact) mass is 216 g/mol. The van der Waals surface area contributed by atoms with Gasteiger partial charge in [-0.2, -0.15) is 0 Å². The molecule has 85 valence electrons. The summed E-state index contributed by atoms with van der Waals surface area (Å²) in [5, 5.41) is 0. The molecular formula is C14H18NO. The lowest BCUT2D eigenvalue weighted by molar-refractivity contribution is 0.135. The van der Waals surface area contributed by atoms with E-state index in [2.05, 4.69) is 38.1 Å². The SMILES string of the molecule is CC1(C)CC(c2ccccc2)CCN1[C]=O. The molecule has 1 saturated heterocycles. The summed E-state index contributed by atoms with van der Waals surface area (Å²) in [7, 11) is 0. The third-order valence-corrected chi connectivity index (χ3v) is 3.56. The first-order valence-electron chi connectivity index (χ1n) is 5.84. The van der Waals surface area contributed by atoms with Gasteiger partial charge in [-0.25, -0.2) is 0 Å². The number of rotatable bonds is 2. The Morgan fingerprint density at radius 3 is 2.56 bits per heavy atom. The molecule has 0 saturated carbocycles. The van der Waals surface area contributed by atoms with Crippen LogP contribution in [0.25, 0.3) is 0 Å². The molecule has 1 aromatic rings. The lowest BCUT2D eigenvalue weighted by Gasteiger charge is -2.43. The van der Waals surface area contributed by atoms with Crippen LogP contribution in [0.15, 0.2) is 30.3 Å². The number of hydrogen-bond donors (Lipinski definition) is 0. The van der Waals surface area contributed by atoms with Gasteiger partial charge in [0.2, 0.25) is 0 Å². The predicted octanol–water partition coefficient (Wildman–Crippen LogP) is 2.71. The van der Waals surface area contributed by atoms with Crippen molar-refractivity contribution >= 4 is 6.41 Å². The molecule has 1 radical (unpaired) electrons. The van der Waals surface area contributed by atoms with Gasteiger partial charge in [-0.05, 0) is 38.2 Å². The van der Waals surface area contributed by atoms with Crippen LogP contribution in [0.5, 0.6) is 0 Å². The maximum absolute atomic E-state index is 10.8. The summed E-state index contributed by atoms with van der Waals surface area (Å²) >= 11 is 0. The van der Waals surface area contributed by atoms with Crippen molar-refractivity contribution in [3.8, 4) is 0 Å². The van der Waals surface area contributed by atoms with Gasteiger partial charge in [0, 0.05) is 12.1 Å². The van der Waals surface area contributed by atoms with E-state index in [-0.39, 0.29) is 5.54 Å². The number of nitrogens with zero attached hydrogens (tertiary/aromatic N) is 1. The molecule has 1 amide bonds. The summed E-state index contributed by atoms with van der Waals surface area (Å²) < 4.78 is 0. The molecule has 2 heteroatoms. The predicted molar refractivity (Wildman–Crippen MR) is 64.9 cm³/mol. The summed E-state index contributed by atoms with van der Waals surface area (Å²) in [5.41, 5.74) is 1.32. The largest absolute Gasteiger partial charge is 0.329 e. The minimum atomic E-state index is -0.0689. The van der Waals surface area contributed by atoms with E-state index in [0.29, 0.717) is 5.92 Å². The number of hydrogen-bond acceptors (Lipinski definition) is 1. The van der Waals surface area contributed by atoms with Crippen LogP contribution < -0.4 is 0 Å². The van der Waals surface area contributed by atoms with Crippen LogP contribution in [0.4, 0.5) is 0 Å². The van der Waals surface area contributed by atoms with Crippen molar-refractivity contribution in [2.24, 2.45) is 0 Å². The van der Waals surface area contributed by atoms with Crippen molar-refractivity contribution in [3.63, 3.8) is 0 Å². The Labute approximate surface area is 97.3 Å². The fourth-order valence-corrected chi connectivity index (χ4v) is 2.58. The van der Waals surface area contributed by atoms with E-state index in [9.17, 15) is 4.79 Å². The first kappa shape index (κ1) is 11.2. The first-order valence-corrected chi connectivity index (χ1v) is 5.84. The Bertz CT molecular complexity index is 358. The third kappa shape index (κ3) is 2.11. The van der Waals surface area contributed by atoms with Gasteiger partial charge in [0.1, 0.15) is 0 Å². The molecule has 16 heavy (non-hydrogen) atoms. The van der Waals surface area contributed by atoms with Gasteiger partial charge >= 0.3 is 6.41 Å². The van der Waals surface area contributed by atoms with Crippen molar-refractivity contribution in [1.82, 2.24) is 4.90 Å². The number of piperidine rings is 1. The van der Waals surface area contributed by atoms with Crippen molar-refractivity contribution in [2.45, 2.75) is 38.1 Å². The van der Waals surface area contributed by atoms with Gasteiger partial charge in [-0.15, -0.1) is 0 Å². The zero-order chi connectivity index (χ0) is 11.6. The highest BCUT2D eigenvalue weighted by molar-refractivity contribution is 5.50. The van der Waals surface area contributed by atoms with E-state index in [1.165, 1.54) is 5.56 Å². The zero-order valence-corrected chi connectivity index (χ0v) is 9.94. The average Bonchev–Trinajstić information content (AvgIpc) is 2.29. The van der Waals surface area contributed by atoms with Gasteiger partial charge in [-0.1, -0.05) is 30.3 Å². The van der Waals surface area contributed by atoms with Crippen molar-refractivity contribution in [2.75, 3.05) is 6.54 Å². The van der Waals surface area contributed by atoms with Crippen LogP contribution in [-0.2, 0) is 4.79 Å². The Kier molecular flexibility index (Phi) is 2.99. The Morgan fingerprint density at radius 1 is 1.31 bits per heavy atom. The molecule has 0 spiro atoms. The van der Waals surface area contributed by atoms with E-state index >= 15 is 0 Å². The molecular weight excluding hydrogens is 198 g/mol. The van der Waals surface area contributed by atoms with Crippen LogP contribution in [0, 0.1) is 0 Å². The molecule has 2 nitrogen and oxygen atoms in total. The van der Waals surface area contributed by atoms with Gasteiger partial charge in [0.15, 0.2) is 0 Å². The topological polar surface area (TPSA) is 20.3 Å². The normalized spacial score (nSPS) is 24.1. The lowest BCUT2D eigenvalue weighted by Crippen LogP contribution is -2.48. The second-order valence-electron chi connectivity index (χ2n) is 5.16. The fraction of sp³-hybridized carbons (Fsp3) is 0.500. The molecule has 1 unspecified atom stereocenters. The standard InChI is InChI=1S/C14H18NO/c1-14(2)10-13(8-9-15(14)11-16)12-6-4-3-5-7-12/h3-7,13H,8-10H2,1-2H3. The van der Waals surface area contributed by atoms with Gasteiger partial charge in [0.25, 0.3) is 0 Å². The van der Waals surface area contributed by atoms with Gasteiger partial charge < -0.3 is 4.90 Å². The zero-order valence-electron chi connectivity index (χ0n) is 9.94. The maximum Gasteiger partial charge on any atom is 0.312 e. The second-order valence-corrected chi connectivity index (χ2v) is 5.16. The van der Waals surface area contributed by atoms with E-state index < -0.39 is 0 Å². The molecule has 0 N–H and O–H groups in total.